The van der Waals surface area contributed by atoms with Gasteiger partial charge in [-0.05, 0) is 50.3 Å². The van der Waals surface area contributed by atoms with E-state index in [2.05, 4.69) is 10.6 Å². The first-order valence-electron chi connectivity index (χ1n) is 9.76. The van der Waals surface area contributed by atoms with Gasteiger partial charge in [0.25, 0.3) is 10.9 Å². The number of anilines is 3. The van der Waals surface area contributed by atoms with Gasteiger partial charge in [-0.2, -0.15) is 0 Å². The van der Waals surface area contributed by atoms with Crippen LogP contribution in [-0.4, -0.2) is 42.0 Å². The van der Waals surface area contributed by atoms with Gasteiger partial charge < -0.3 is 20.5 Å². The number of nitrogens with zero attached hydrogens (tertiary/aromatic N) is 1. The molecule has 1 fully saturated rings. The number of aromatic hydroxyl groups is 1. The normalized spacial score (nSPS) is 20.1. The van der Waals surface area contributed by atoms with Crippen molar-refractivity contribution < 1.29 is 14.7 Å². The van der Waals surface area contributed by atoms with Gasteiger partial charge in [0.1, 0.15) is 11.4 Å². The second-order valence-corrected chi connectivity index (χ2v) is 8.75. The van der Waals surface area contributed by atoms with Crippen molar-refractivity contribution in [2.75, 3.05) is 24.8 Å². The molecule has 0 amide bonds. The highest BCUT2D eigenvalue weighted by atomic mass is 35.5. The molecule has 0 bridgehead atoms. The SMILES string of the molecule is CC[C@@H](Nc1c(Nc2ccc(Cl)c(SN(C)OC)c2O)c(=O)c1=O)[C@H]1CC[C@@H](C)O1. The molecule has 2 aromatic rings. The largest absolute Gasteiger partial charge is 0.505 e. The van der Waals surface area contributed by atoms with Crippen LogP contribution >= 0.6 is 23.5 Å². The number of halogens is 1. The first kappa shape index (κ1) is 22.9. The van der Waals surface area contributed by atoms with Crippen molar-refractivity contribution in [2.24, 2.45) is 0 Å². The second kappa shape index (κ2) is 9.57. The Bertz CT molecular complexity index is 978. The number of hydrogen-bond donors (Lipinski definition) is 3. The van der Waals surface area contributed by atoms with Gasteiger partial charge in [0.15, 0.2) is 5.75 Å². The minimum atomic E-state index is -0.634. The Hall–Kier alpha value is -1.78. The molecule has 8 nitrogen and oxygen atoms in total. The van der Waals surface area contributed by atoms with E-state index in [0.29, 0.717) is 9.92 Å². The molecule has 164 valence electrons. The Labute approximate surface area is 184 Å². The fraction of sp³-hybridized carbons (Fsp3) is 0.500. The van der Waals surface area contributed by atoms with Crippen molar-refractivity contribution in [1.82, 2.24) is 4.47 Å². The maximum absolute atomic E-state index is 12.2. The first-order chi connectivity index (χ1) is 14.3. The topological polar surface area (TPSA) is 100 Å². The van der Waals surface area contributed by atoms with Crippen molar-refractivity contribution in [3.8, 4) is 5.75 Å². The van der Waals surface area contributed by atoms with Crippen LogP contribution in [0.4, 0.5) is 17.1 Å². The average Bonchev–Trinajstić information content (AvgIpc) is 3.17. The molecule has 0 aromatic heterocycles. The molecule has 3 N–H and O–H groups in total. The van der Waals surface area contributed by atoms with E-state index >= 15 is 0 Å². The summed E-state index contributed by atoms with van der Waals surface area (Å²) < 4.78 is 7.34. The third-order valence-electron chi connectivity index (χ3n) is 5.21. The Morgan fingerprint density at radius 1 is 1.33 bits per heavy atom. The van der Waals surface area contributed by atoms with Crippen LogP contribution in [0.1, 0.15) is 33.1 Å². The quantitative estimate of drug-likeness (QED) is 0.226. The summed E-state index contributed by atoms with van der Waals surface area (Å²) in [4.78, 5) is 29.9. The van der Waals surface area contributed by atoms with E-state index in [9.17, 15) is 14.7 Å². The predicted molar refractivity (Wildman–Crippen MR) is 120 cm³/mol. The number of ether oxygens (including phenoxy) is 1. The third kappa shape index (κ3) is 4.60. The van der Waals surface area contributed by atoms with Gasteiger partial charge in [-0.15, -0.1) is 4.47 Å². The molecule has 0 unspecified atom stereocenters. The Morgan fingerprint density at radius 3 is 2.63 bits per heavy atom. The van der Waals surface area contributed by atoms with Crippen LogP contribution in [0, 0.1) is 0 Å². The third-order valence-corrected chi connectivity index (χ3v) is 6.64. The number of hydrogen-bond acceptors (Lipinski definition) is 9. The lowest BCUT2D eigenvalue weighted by molar-refractivity contribution is -0.0146. The molecule has 10 heteroatoms. The molecule has 3 atom stereocenters. The van der Waals surface area contributed by atoms with Crippen LogP contribution < -0.4 is 21.5 Å². The van der Waals surface area contributed by atoms with Crippen molar-refractivity contribution in [2.45, 2.75) is 56.3 Å². The minimum absolute atomic E-state index is 0.0150. The number of benzene rings is 1. The Balaban J connectivity index is 1.83. The Morgan fingerprint density at radius 2 is 2.03 bits per heavy atom. The van der Waals surface area contributed by atoms with Crippen LogP contribution in [0.5, 0.6) is 5.75 Å². The lowest BCUT2D eigenvalue weighted by Crippen LogP contribution is -2.42. The molecule has 1 aliphatic heterocycles. The van der Waals surface area contributed by atoms with Gasteiger partial charge >= 0.3 is 0 Å². The van der Waals surface area contributed by atoms with E-state index in [1.54, 1.807) is 19.2 Å². The number of phenolic OH excluding ortho intramolecular Hbond substituents is 1. The average molecular weight is 456 g/mol. The summed E-state index contributed by atoms with van der Waals surface area (Å²) in [6.07, 6.45) is 2.78. The molecule has 0 aliphatic carbocycles. The standard InChI is InChI=1S/C20H26ClN3O5S/c1-5-12(14-9-6-10(2)29-14)22-15-16(19(27)18(15)26)23-13-8-7-11(21)20(17(13)25)30-24(3)28-4/h7-8,10,12,14,22-23,25H,5-6,9H2,1-4H3/t10-,12-,14-/m1/s1. The van der Waals surface area contributed by atoms with Crippen LogP contribution in [-0.2, 0) is 9.57 Å². The van der Waals surface area contributed by atoms with Crippen molar-refractivity contribution >= 4 is 40.6 Å². The van der Waals surface area contributed by atoms with E-state index in [1.165, 1.54) is 11.6 Å². The molecule has 0 radical (unpaired) electrons. The molecule has 1 heterocycles. The van der Waals surface area contributed by atoms with Gasteiger partial charge in [0, 0.05) is 7.05 Å². The lowest BCUT2D eigenvalue weighted by Gasteiger charge is -2.26. The summed E-state index contributed by atoms with van der Waals surface area (Å²) in [6, 6.07) is 3.06. The molecule has 30 heavy (non-hydrogen) atoms. The number of hydroxylamine groups is 1. The zero-order chi connectivity index (χ0) is 22.0. The van der Waals surface area contributed by atoms with Gasteiger partial charge in [-0.1, -0.05) is 18.5 Å². The highest BCUT2D eigenvalue weighted by Gasteiger charge is 2.32. The molecule has 1 saturated heterocycles. The summed E-state index contributed by atoms with van der Waals surface area (Å²) >= 11 is 7.28. The lowest BCUT2D eigenvalue weighted by atomic mass is 10.0. The fourth-order valence-corrected chi connectivity index (χ4v) is 4.40. The molecule has 0 saturated carbocycles. The molecule has 1 aliphatic rings. The summed E-state index contributed by atoms with van der Waals surface area (Å²) in [5.41, 5.74) is -0.610. The summed E-state index contributed by atoms with van der Waals surface area (Å²) in [5.74, 6) is -0.143. The molecule has 3 rings (SSSR count). The van der Waals surface area contributed by atoms with Gasteiger partial charge in [0.05, 0.1) is 41.0 Å². The highest BCUT2D eigenvalue weighted by molar-refractivity contribution is 7.97. The molecular formula is C20H26ClN3O5S. The fourth-order valence-electron chi connectivity index (χ4n) is 3.46. The molecule has 0 spiro atoms. The first-order valence-corrected chi connectivity index (χ1v) is 10.9. The van der Waals surface area contributed by atoms with Crippen molar-refractivity contribution in [3.63, 3.8) is 0 Å². The maximum Gasteiger partial charge on any atom is 0.253 e. The van der Waals surface area contributed by atoms with E-state index in [4.69, 9.17) is 21.2 Å². The Kier molecular flexibility index (Phi) is 7.30. The van der Waals surface area contributed by atoms with Crippen LogP contribution in [0.3, 0.4) is 0 Å². The summed E-state index contributed by atoms with van der Waals surface area (Å²) in [7, 11) is 3.15. The van der Waals surface area contributed by atoms with Crippen molar-refractivity contribution in [1.29, 1.82) is 0 Å². The van der Waals surface area contributed by atoms with E-state index < -0.39 is 10.9 Å². The monoisotopic (exact) mass is 455 g/mol. The molecular weight excluding hydrogens is 430 g/mol. The number of rotatable bonds is 9. The van der Waals surface area contributed by atoms with Gasteiger partial charge in [0.2, 0.25) is 0 Å². The smallest absolute Gasteiger partial charge is 0.253 e. The predicted octanol–water partition coefficient (Wildman–Crippen LogP) is 3.64. The zero-order valence-electron chi connectivity index (χ0n) is 17.3. The van der Waals surface area contributed by atoms with E-state index in [0.717, 1.165) is 31.2 Å². The molecule has 2 aromatic carbocycles. The maximum atomic E-state index is 12.2. The highest BCUT2D eigenvalue weighted by Crippen LogP contribution is 2.42. The summed E-state index contributed by atoms with van der Waals surface area (Å²) in [5, 5.41) is 17.0. The van der Waals surface area contributed by atoms with Crippen molar-refractivity contribution in [3.05, 3.63) is 37.6 Å². The van der Waals surface area contributed by atoms with Gasteiger partial charge in [-0.25, -0.2) is 0 Å². The second-order valence-electron chi connectivity index (χ2n) is 7.24. The summed E-state index contributed by atoms with van der Waals surface area (Å²) in [6.45, 7) is 4.03. The van der Waals surface area contributed by atoms with Crippen LogP contribution in [0.15, 0.2) is 26.6 Å². The van der Waals surface area contributed by atoms with E-state index in [-0.39, 0.29) is 41.1 Å². The van der Waals surface area contributed by atoms with Gasteiger partial charge in [-0.3, -0.25) is 14.4 Å². The van der Waals surface area contributed by atoms with Crippen LogP contribution in [0.2, 0.25) is 5.02 Å². The zero-order valence-corrected chi connectivity index (χ0v) is 18.9. The number of nitrogens with one attached hydrogen (secondary N) is 2. The number of phenols is 1. The minimum Gasteiger partial charge on any atom is -0.505 e. The van der Waals surface area contributed by atoms with E-state index in [1.807, 2.05) is 13.8 Å². The van der Waals surface area contributed by atoms with Crippen LogP contribution in [0.25, 0.3) is 0 Å².